The van der Waals surface area contributed by atoms with E-state index in [0.717, 1.165) is 12.0 Å². The van der Waals surface area contributed by atoms with Crippen LogP contribution in [-0.4, -0.2) is 24.9 Å². The Morgan fingerprint density at radius 1 is 1.17 bits per heavy atom. The van der Waals surface area contributed by atoms with Crippen molar-refractivity contribution in [1.82, 2.24) is 5.32 Å². The fraction of sp³-hybridized carbons (Fsp3) is 0.278. The van der Waals surface area contributed by atoms with Crippen LogP contribution in [0.15, 0.2) is 48.5 Å². The minimum atomic E-state index is -0.291. The number of halogens is 2. The van der Waals surface area contributed by atoms with Gasteiger partial charge < -0.3 is 10.1 Å². The van der Waals surface area contributed by atoms with Crippen LogP contribution in [0.3, 0.4) is 0 Å². The van der Waals surface area contributed by atoms with Crippen molar-refractivity contribution >= 4 is 17.5 Å². The predicted molar refractivity (Wildman–Crippen MR) is 89.7 cm³/mol. The van der Waals surface area contributed by atoms with Crippen LogP contribution in [0.1, 0.15) is 22.3 Å². The second-order valence-corrected chi connectivity index (χ2v) is 5.43. The Bertz CT molecular complexity index is 631. The fourth-order valence-corrected chi connectivity index (χ4v) is 2.29. The summed E-state index contributed by atoms with van der Waals surface area (Å²) < 4.78 is 18.2. The Balaban J connectivity index is 1.70. The molecule has 1 amide bonds. The summed E-state index contributed by atoms with van der Waals surface area (Å²) in [5, 5.41) is 2.85. The first-order valence-electron chi connectivity index (χ1n) is 7.50. The molecule has 0 aromatic heterocycles. The van der Waals surface area contributed by atoms with Gasteiger partial charge in [0.05, 0.1) is 6.61 Å². The van der Waals surface area contributed by atoms with Crippen LogP contribution >= 0.6 is 11.6 Å². The molecule has 0 aliphatic rings. The molecule has 0 heterocycles. The maximum atomic E-state index is 12.7. The summed E-state index contributed by atoms with van der Waals surface area (Å²) in [5.74, 6) is 0.752. The monoisotopic (exact) mass is 335 g/mol. The first kappa shape index (κ1) is 17.3. The number of benzene rings is 2. The molecule has 0 bridgehead atoms. The molecule has 2 rings (SSSR count). The number of aryl methyl sites for hydroxylation is 1. The van der Waals surface area contributed by atoms with E-state index in [1.807, 2.05) is 18.2 Å². The lowest BCUT2D eigenvalue weighted by Crippen LogP contribution is -2.25. The zero-order chi connectivity index (χ0) is 16.5. The summed E-state index contributed by atoms with van der Waals surface area (Å²) in [6.07, 6.45) is 1.42. The highest BCUT2D eigenvalue weighted by Gasteiger charge is 2.05. The van der Waals surface area contributed by atoms with Crippen LogP contribution < -0.4 is 10.1 Å². The number of hydrogen-bond donors (Lipinski definition) is 1. The van der Waals surface area contributed by atoms with Crippen molar-refractivity contribution in [3.05, 3.63) is 65.5 Å². The van der Waals surface area contributed by atoms with E-state index < -0.39 is 0 Å². The number of hydrogen-bond acceptors (Lipinski definition) is 2. The van der Waals surface area contributed by atoms with Gasteiger partial charge in [0.2, 0.25) is 0 Å². The minimum Gasteiger partial charge on any atom is -0.494 e. The van der Waals surface area contributed by atoms with Gasteiger partial charge in [-0.3, -0.25) is 4.79 Å². The van der Waals surface area contributed by atoms with Crippen LogP contribution in [0.25, 0.3) is 0 Å². The van der Waals surface area contributed by atoms with Gasteiger partial charge in [-0.1, -0.05) is 12.1 Å². The first-order valence-corrected chi connectivity index (χ1v) is 8.04. The number of ether oxygens (including phenoxy) is 1. The fourth-order valence-electron chi connectivity index (χ4n) is 2.07. The quantitative estimate of drug-likeness (QED) is 0.588. The van der Waals surface area contributed by atoms with E-state index in [4.69, 9.17) is 16.3 Å². The molecule has 1 N–H and O–H groups in total. The van der Waals surface area contributed by atoms with Gasteiger partial charge in [-0.25, -0.2) is 4.39 Å². The minimum absolute atomic E-state index is 0.108. The van der Waals surface area contributed by atoms with Gasteiger partial charge in [-0.15, -0.1) is 11.6 Å². The third kappa shape index (κ3) is 5.91. The van der Waals surface area contributed by atoms with Gasteiger partial charge >= 0.3 is 0 Å². The predicted octanol–water partition coefficient (Wildman–Crippen LogP) is 3.81. The van der Waals surface area contributed by atoms with Gasteiger partial charge in [0.25, 0.3) is 5.91 Å². The van der Waals surface area contributed by atoms with Crippen LogP contribution in [-0.2, 0) is 6.42 Å². The van der Waals surface area contributed by atoms with Crippen LogP contribution in [0.4, 0.5) is 4.39 Å². The normalized spacial score (nSPS) is 10.3. The van der Waals surface area contributed by atoms with Crippen molar-refractivity contribution in [3.8, 4) is 5.75 Å². The highest BCUT2D eigenvalue weighted by molar-refractivity contribution is 6.18. The summed E-state index contributed by atoms with van der Waals surface area (Å²) >= 11 is 5.71. The molecule has 0 spiro atoms. The molecule has 2 aromatic carbocycles. The molecule has 0 saturated carbocycles. The second kappa shape index (κ2) is 9.16. The summed E-state index contributed by atoms with van der Waals surface area (Å²) in [7, 11) is 0. The Morgan fingerprint density at radius 3 is 2.70 bits per heavy atom. The standard InChI is InChI=1S/C18H19ClFNO2/c19-10-9-14-3-1-4-15(13-14)18(22)21-11-2-12-23-17-7-5-16(20)6-8-17/h1,3-8,13H,2,9-12H2,(H,21,22). The first-order chi connectivity index (χ1) is 11.2. The van der Waals surface area contributed by atoms with Crippen molar-refractivity contribution in [2.75, 3.05) is 19.0 Å². The van der Waals surface area contributed by atoms with Crippen LogP contribution in [0, 0.1) is 5.82 Å². The van der Waals surface area contributed by atoms with Gasteiger partial charge in [0.15, 0.2) is 0 Å². The third-order valence-electron chi connectivity index (χ3n) is 3.26. The summed E-state index contributed by atoms with van der Waals surface area (Å²) in [5.41, 5.74) is 1.68. The molecule has 5 heteroatoms. The lowest BCUT2D eigenvalue weighted by molar-refractivity contribution is 0.0951. The summed E-state index contributed by atoms with van der Waals surface area (Å²) in [6, 6.07) is 13.3. The van der Waals surface area contributed by atoms with Crippen molar-refractivity contribution in [1.29, 1.82) is 0 Å². The van der Waals surface area contributed by atoms with Gasteiger partial charge in [0, 0.05) is 18.0 Å². The Labute approximate surface area is 140 Å². The molecule has 0 unspecified atom stereocenters. The molecule has 0 radical (unpaired) electrons. The molecule has 0 aliphatic carbocycles. The number of amides is 1. The van der Waals surface area contributed by atoms with Gasteiger partial charge in [0.1, 0.15) is 11.6 Å². The van der Waals surface area contributed by atoms with E-state index in [1.54, 1.807) is 18.2 Å². The lowest BCUT2D eigenvalue weighted by Gasteiger charge is -2.08. The van der Waals surface area contributed by atoms with E-state index >= 15 is 0 Å². The van der Waals surface area contributed by atoms with Crippen molar-refractivity contribution in [3.63, 3.8) is 0 Å². The maximum absolute atomic E-state index is 12.7. The molecule has 2 aromatic rings. The number of carbonyl (C=O) groups excluding carboxylic acids is 1. The Kier molecular flexibility index (Phi) is 6.88. The number of alkyl halides is 1. The van der Waals surface area contributed by atoms with E-state index in [2.05, 4.69) is 5.32 Å². The SMILES string of the molecule is O=C(NCCCOc1ccc(F)cc1)c1cccc(CCCl)c1. The van der Waals surface area contributed by atoms with Gasteiger partial charge in [-0.2, -0.15) is 0 Å². The van der Waals surface area contributed by atoms with E-state index in [1.165, 1.54) is 12.1 Å². The van der Waals surface area contributed by atoms with Crippen molar-refractivity contribution in [2.45, 2.75) is 12.8 Å². The zero-order valence-corrected chi connectivity index (χ0v) is 13.5. The van der Waals surface area contributed by atoms with E-state index in [-0.39, 0.29) is 11.7 Å². The van der Waals surface area contributed by atoms with E-state index in [0.29, 0.717) is 36.8 Å². The molecular formula is C18H19ClFNO2. The van der Waals surface area contributed by atoms with Crippen LogP contribution in [0.2, 0.25) is 0 Å². The highest BCUT2D eigenvalue weighted by atomic mass is 35.5. The average Bonchev–Trinajstić information content (AvgIpc) is 2.56. The molecule has 0 saturated heterocycles. The number of carbonyl (C=O) groups is 1. The zero-order valence-electron chi connectivity index (χ0n) is 12.7. The highest BCUT2D eigenvalue weighted by Crippen LogP contribution is 2.11. The van der Waals surface area contributed by atoms with Crippen molar-refractivity contribution < 1.29 is 13.9 Å². The smallest absolute Gasteiger partial charge is 0.251 e. The average molecular weight is 336 g/mol. The van der Waals surface area contributed by atoms with Crippen LogP contribution in [0.5, 0.6) is 5.75 Å². The Hall–Kier alpha value is -2.07. The lowest BCUT2D eigenvalue weighted by atomic mass is 10.1. The molecule has 23 heavy (non-hydrogen) atoms. The number of rotatable bonds is 8. The summed E-state index contributed by atoms with van der Waals surface area (Å²) in [4.78, 5) is 12.0. The van der Waals surface area contributed by atoms with Crippen molar-refractivity contribution in [2.24, 2.45) is 0 Å². The molecule has 0 atom stereocenters. The van der Waals surface area contributed by atoms with Gasteiger partial charge in [-0.05, 0) is 54.8 Å². The number of nitrogens with one attached hydrogen (secondary N) is 1. The third-order valence-corrected chi connectivity index (χ3v) is 3.45. The molecule has 0 aliphatic heterocycles. The second-order valence-electron chi connectivity index (χ2n) is 5.05. The Morgan fingerprint density at radius 2 is 1.96 bits per heavy atom. The maximum Gasteiger partial charge on any atom is 0.251 e. The molecule has 3 nitrogen and oxygen atoms in total. The topological polar surface area (TPSA) is 38.3 Å². The largest absolute Gasteiger partial charge is 0.494 e. The molecule has 122 valence electrons. The molecular weight excluding hydrogens is 317 g/mol. The molecule has 0 fully saturated rings. The van der Waals surface area contributed by atoms with E-state index in [9.17, 15) is 9.18 Å². The summed E-state index contributed by atoms with van der Waals surface area (Å²) in [6.45, 7) is 0.970.